The minimum atomic E-state index is -3.58. The molecule has 1 aromatic rings. The Morgan fingerprint density at radius 3 is 2.32 bits per heavy atom. The van der Waals surface area contributed by atoms with Crippen molar-refractivity contribution in [1.82, 2.24) is 4.83 Å². The molecule has 120 valence electrons. The van der Waals surface area contributed by atoms with Crippen LogP contribution in [-0.2, 0) is 10.0 Å². The van der Waals surface area contributed by atoms with E-state index in [1.54, 1.807) is 24.3 Å². The van der Waals surface area contributed by atoms with E-state index in [4.69, 9.17) is 0 Å². The molecule has 2 fully saturated rings. The van der Waals surface area contributed by atoms with Gasteiger partial charge in [0.05, 0.1) is 4.90 Å². The van der Waals surface area contributed by atoms with Gasteiger partial charge in [0.2, 0.25) is 0 Å². The molecule has 1 aromatic carbocycles. The summed E-state index contributed by atoms with van der Waals surface area (Å²) in [5.41, 5.74) is 2.24. The number of benzene rings is 1. The SMILES string of the molecule is Cc1ccc(S(=O)(=O)N/N=C2/C[C@@H]3CC[C@]2(C)C3(C)C)cc1. The number of hydrazone groups is 1. The Hall–Kier alpha value is -1.36. The number of aryl methyl sites for hydroxylation is 1. The molecular weight excluding hydrogens is 296 g/mol. The van der Waals surface area contributed by atoms with E-state index in [2.05, 4.69) is 30.7 Å². The Kier molecular flexibility index (Phi) is 3.40. The molecule has 0 unspecified atom stereocenters. The lowest BCUT2D eigenvalue weighted by Crippen LogP contribution is -2.34. The van der Waals surface area contributed by atoms with Gasteiger partial charge in [-0.25, -0.2) is 4.83 Å². The normalized spacial score (nSPS) is 31.6. The highest BCUT2D eigenvalue weighted by molar-refractivity contribution is 7.89. The van der Waals surface area contributed by atoms with E-state index in [1.807, 2.05) is 6.92 Å². The molecule has 2 aliphatic carbocycles. The lowest BCUT2D eigenvalue weighted by Gasteiger charge is -2.34. The summed E-state index contributed by atoms with van der Waals surface area (Å²) >= 11 is 0. The molecule has 0 aliphatic heterocycles. The van der Waals surface area contributed by atoms with Crippen LogP contribution in [-0.4, -0.2) is 14.1 Å². The topological polar surface area (TPSA) is 58.5 Å². The van der Waals surface area contributed by atoms with Crippen LogP contribution in [0.1, 0.15) is 45.6 Å². The number of rotatable bonds is 3. The van der Waals surface area contributed by atoms with Gasteiger partial charge in [0.1, 0.15) is 0 Å². The third-order valence-electron chi connectivity index (χ3n) is 6.14. The molecule has 2 bridgehead atoms. The number of hydrogen-bond donors (Lipinski definition) is 1. The van der Waals surface area contributed by atoms with Gasteiger partial charge in [0.15, 0.2) is 0 Å². The number of hydrogen-bond acceptors (Lipinski definition) is 3. The zero-order valence-electron chi connectivity index (χ0n) is 13.7. The van der Waals surface area contributed by atoms with Gasteiger partial charge in [-0.15, -0.1) is 0 Å². The van der Waals surface area contributed by atoms with Crippen LogP contribution in [0.25, 0.3) is 0 Å². The van der Waals surface area contributed by atoms with E-state index in [1.165, 1.54) is 6.42 Å². The first kappa shape index (κ1) is 15.5. The van der Waals surface area contributed by atoms with Crippen molar-refractivity contribution in [3.8, 4) is 0 Å². The van der Waals surface area contributed by atoms with Crippen LogP contribution >= 0.6 is 0 Å². The quantitative estimate of drug-likeness (QED) is 0.867. The molecule has 2 saturated carbocycles. The van der Waals surface area contributed by atoms with Crippen molar-refractivity contribution in [2.75, 3.05) is 0 Å². The largest absolute Gasteiger partial charge is 0.276 e. The molecular formula is C17H24N2O2S. The van der Waals surface area contributed by atoms with E-state index in [0.29, 0.717) is 5.92 Å². The van der Waals surface area contributed by atoms with Crippen LogP contribution in [0, 0.1) is 23.7 Å². The standard InChI is InChI=1S/C17H24N2O2S/c1-12-5-7-14(8-6-12)22(20,21)19-18-15-11-13-9-10-17(15,4)16(13,2)3/h5-8,13,19H,9-11H2,1-4H3/b18-15-/t13-,17-/m0/s1. The van der Waals surface area contributed by atoms with Gasteiger partial charge in [-0.3, -0.25) is 0 Å². The third-order valence-corrected chi connectivity index (χ3v) is 7.37. The third kappa shape index (κ3) is 2.18. The van der Waals surface area contributed by atoms with E-state index >= 15 is 0 Å². The molecule has 0 spiro atoms. The highest BCUT2D eigenvalue weighted by Gasteiger charge is 2.60. The van der Waals surface area contributed by atoms with Gasteiger partial charge in [-0.05, 0) is 49.7 Å². The Morgan fingerprint density at radius 1 is 1.18 bits per heavy atom. The Balaban J connectivity index is 1.85. The maximum Gasteiger partial charge on any atom is 0.276 e. The fourth-order valence-electron chi connectivity index (χ4n) is 3.98. The summed E-state index contributed by atoms with van der Waals surface area (Å²) in [6, 6.07) is 6.82. The Bertz CT molecular complexity index is 720. The van der Waals surface area contributed by atoms with Gasteiger partial charge in [0.25, 0.3) is 10.0 Å². The van der Waals surface area contributed by atoms with Crippen molar-refractivity contribution < 1.29 is 8.42 Å². The van der Waals surface area contributed by atoms with Gasteiger partial charge in [0, 0.05) is 11.1 Å². The van der Waals surface area contributed by atoms with Crippen LogP contribution in [0.2, 0.25) is 0 Å². The summed E-state index contributed by atoms with van der Waals surface area (Å²) in [5, 5.41) is 4.32. The van der Waals surface area contributed by atoms with Crippen molar-refractivity contribution in [1.29, 1.82) is 0 Å². The van der Waals surface area contributed by atoms with Gasteiger partial charge in [-0.2, -0.15) is 13.5 Å². The highest BCUT2D eigenvalue weighted by atomic mass is 32.2. The first-order chi connectivity index (χ1) is 10.2. The molecule has 0 heterocycles. The second kappa shape index (κ2) is 4.82. The van der Waals surface area contributed by atoms with Crippen LogP contribution in [0.4, 0.5) is 0 Å². The van der Waals surface area contributed by atoms with Crippen molar-refractivity contribution >= 4 is 15.7 Å². The molecule has 1 N–H and O–H groups in total. The number of sulfonamides is 1. The summed E-state index contributed by atoms with van der Waals surface area (Å²) < 4.78 is 24.7. The molecule has 0 aromatic heterocycles. The fraction of sp³-hybridized carbons (Fsp3) is 0.588. The molecule has 2 aliphatic rings. The molecule has 22 heavy (non-hydrogen) atoms. The van der Waals surface area contributed by atoms with Crippen LogP contribution in [0.15, 0.2) is 34.3 Å². The molecule has 5 heteroatoms. The first-order valence-corrected chi connectivity index (χ1v) is 9.31. The van der Waals surface area contributed by atoms with E-state index in [9.17, 15) is 8.42 Å². The van der Waals surface area contributed by atoms with Crippen molar-refractivity contribution in [2.24, 2.45) is 21.8 Å². The number of fused-ring (bicyclic) bond motifs is 2. The maximum absolute atomic E-state index is 12.4. The smallest absolute Gasteiger partial charge is 0.200 e. The van der Waals surface area contributed by atoms with Crippen LogP contribution < -0.4 is 4.83 Å². The fourth-order valence-corrected chi connectivity index (χ4v) is 4.81. The minimum Gasteiger partial charge on any atom is -0.200 e. The Morgan fingerprint density at radius 2 is 1.82 bits per heavy atom. The second-order valence-electron chi connectivity index (χ2n) is 7.46. The van der Waals surface area contributed by atoms with E-state index < -0.39 is 10.0 Å². The maximum atomic E-state index is 12.4. The molecule has 0 amide bonds. The lowest BCUT2D eigenvalue weighted by atomic mass is 9.70. The summed E-state index contributed by atoms with van der Waals surface area (Å²) in [7, 11) is -3.58. The van der Waals surface area contributed by atoms with Gasteiger partial charge < -0.3 is 0 Å². The zero-order chi connectivity index (χ0) is 16.2. The second-order valence-corrected chi connectivity index (χ2v) is 9.12. The predicted octanol–water partition coefficient (Wildman–Crippen LogP) is 3.48. The highest BCUT2D eigenvalue weighted by Crippen LogP contribution is 2.63. The van der Waals surface area contributed by atoms with Crippen molar-refractivity contribution in [3.63, 3.8) is 0 Å². The van der Waals surface area contributed by atoms with Crippen molar-refractivity contribution in [2.45, 2.75) is 51.9 Å². The molecule has 2 atom stereocenters. The zero-order valence-corrected chi connectivity index (χ0v) is 14.5. The van der Waals surface area contributed by atoms with E-state index in [0.717, 1.165) is 24.1 Å². The predicted molar refractivity (Wildman–Crippen MR) is 88.2 cm³/mol. The van der Waals surface area contributed by atoms with Crippen LogP contribution in [0.5, 0.6) is 0 Å². The summed E-state index contributed by atoms with van der Waals surface area (Å²) in [6.07, 6.45) is 3.21. The summed E-state index contributed by atoms with van der Waals surface area (Å²) in [5.74, 6) is 0.611. The van der Waals surface area contributed by atoms with Crippen LogP contribution in [0.3, 0.4) is 0 Å². The van der Waals surface area contributed by atoms with Crippen molar-refractivity contribution in [3.05, 3.63) is 29.8 Å². The molecule has 3 rings (SSSR count). The van der Waals surface area contributed by atoms with E-state index in [-0.39, 0.29) is 15.7 Å². The molecule has 4 nitrogen and oxygen atoms in total. The molecule has 0 radical (unpaired) electrons. The average molecular weight is 320 g/mol. The summed E-state index contributed by atoms with van der Waals surface area (Å²) in [4.78, 5) is 2.70. The molecule has 0 saturated heterocycles. The Labute approximate surface area is 133 Å². The number of nitrogens with one attached hydrogen (secondary N) is 1. The first-order valence-electron chi connectivity index (χ1n) is 7.82. The lowest BCUT2D eigenvalue weighted by molar-refractivity contribution is 0.193. The minimum absolute atomic E-state index is 0.00740. The summed E-state index contributed by atoms with van der Waals surface area (Å²) in [6.45, 7) is 8.71. The number of nitrogens with zero attached hydrogens (tertiary/aromatic N) is 1. The monoisotopic (exact) mass is 320 g/mol. The average Bonchev–Trinajstić information content (AvgIpc) is 2.78. The van der Waals surface area contributed by atoms with Gasteiger partial charge in [-0.1, -0.05) is 38.5 Å². The van der Waals surface area contributed by atoms with Gasteiger partial charge >= 0.3 is 0 Å².